The predicted octanol–water partition coefficient (Wildman–Crippen LogP) is 2.79. The highest BCUT2D eigenvalue weighted by Gasteiger charge is 2.48. The molecule has 22 heavy (non-hydrogen) atoms. The number of nitrogens with one attached hydrogen (secondary N) is 1. The maximum Gasteiger partial charge on any atom is 0.419 e. The fourth-order valence-electron chi connectivity index (χ4n) is 2.80. The van der Waals surface area contributed by atoms with Gasteiger partial charge in [0.2, 0.25) is 0 Å². The van der Waals surface area contributed by atoms with Crippen LogP contribution >= 0.6 is 0 Å². The van der Waals surface area contributed by atoms with Crippen LogP contribution in [0.3, 0.4) is 0 Å². The molecule has 4 nitrogen and oxygen atoms in total. The summed E-state index contributed by atoms with van der Waals surface area (Å²) in [4.78, 5) is 11.9. The Bertz CT molecular complexity index is 607. The SMILES string of the molecule is O=C(O)N1CC(NC2(c3ccc(F)c(C(F)(F)F)c3)CC2)C1. The Balaban J connectivity index is 1.75. The second-order valence-corrected chi connectivity index (χ2v) is 5.80. The van der Waals surface area contributed by atoms with Crippen molar-refractivity contribution in [1.29, 1.82) is 0 Å². The summed E-state index contributed by atoms with van der Waals surface area (Å²) >= 11 is 0. The van der Waals surface area contributed by atoms with Crippen LogP contribution in [0.1, 0.15) is 24.0 Å². The van der Waals surface area contributed by atoms with Crippen molar-refractivity contribution in [3.05, 3.63) is 35.1 Å². The van der Waals surface area contributed by atoms with Crippen LogP contribution < -0.4 is 5.32 Å². The third kappa shape index (κ3) is 2.63. The van der Waals surface area contributed by atoms with Crippen LogP contribution in [0.5, 0.6) is 0 Å². The van der Waals surface area contributed by atoms with Gasteiger partial charge in [-0.1, -0.05) is 6.07 Å². The zero-order chi connectivity index (χ0) is 16.1. The van der Waals surface area contributed by atoms with E-state index in [0.29, 0.717) is 31.5 Å². The van der Waals surface area contributed by atoms with Gasteiger partial charge in [-0.25, -0.2) is 9.18 Å². The third-order valence-electron chi connectivity index (χ3n) is 4.21. The van der Waals surface area contributed by atoms with Gasteiger partial charge in [0.15, 0.2) is 0 Å². The molecule has 2 aliphatic rings. The predicted molar refractivity (Wildman–Crippen MR) is 68.8 cm³/mol. The van der Waals surface area contributed by atoms with Gasteiger partial charge in [-0.3, -0.25) is 0 Å². The van der Waals surface area contributed by atoms with Crippen LogP contribution in [0, 0.1) is 5.82 Å². The maximum absolute atomic E-state index is 13.3. The molecular weight excluding hydrogens is 304 g/mol. The maximum atomic E-state index is 13.3. The summed E-state index contributed by atoms with van der Waals surface area (Å²) in [6.45, 7) is 0.620. The third-order valence-corrected chi connectivity index (χ3v) is 4.21. The summed E-state index contributed by atoms with van der Waals surface area (Å²) in [6.07, 6.45) is -4.44. The molecule has 3 rings (SSSR count). The van der Waals surface area contributed by atoms with Crippen molar-refractivity contribution in [3.63, 3.8) is 0 Å². The summed E-state index contributed by atoms with van der Waals surface area (Å²) in [5.41, 5.74) is -1.46. The number of rotatable bonds is 3. The molecule has 0 radical (unpaired) electrons. The monoisotopic (exact) mass is 318 g/mol. The number of amides is 1. The van der Waals surface area contributed by atoms with Gasteiger partial charge in [0.1, 0.15) is 5.82 Å². The number of carbonyl (C=O) groups is 1. The standard InChI is InChI=1S/C14H14F4N2O2/c15-11-2-1-8(5-10(11)14(16,17)18)13(3-4-13)19-9-6-20(7-9)12(21)22/h1-2,5,9,19H,3-4,6-7H2,(H,21,22). The lowest BCUT2D eigenvalue weighted by Crippen LogP contribution is -2.61. The molecule has 1 aromatic carbocycles. The van der Waals surface area contributed by atoms with Gasteiger partial charge >= 0.3 is 12.3 Å². The molecule has 0 atom stereocenters. The van der Waals surface area contributed by atoms with Gasteiger partial charge in [0.05, 0.1) is 5.56 Å². The largest absolute Gasteiger partial charge is 0.465 e. The Morgan fingerprint density at radius 2 is 1.95 bits per heavy atom. The molecule has 8 heteroatoms. The molecule has 0 unspecified atom stereocenters. The average Bonchev–Trinajstić information content (AvgIpc) is 3.13. The molecule has 0 aromatic heterocycles. The van der Waals surface area contributed by atoms with Gasteiger partial charge in [-0.05, 0) is 30.5 Å². The zero-order valence-electron chi connectivity index (χ0n) is 11.5. The van der Waals surface area contributed by atoms with Crippen LogP contribution in [-0.2, 0) is 11.7 Å². The van der Waals surface area contributed by atoms with E-state index in [4.69, 9.17) is 5.11 Å². The lowest BCUT2D eigenvalue weighted by molar-refractivity contribution is -0.140. The number of carboxylic acid groups (broad SMARTS) is 1. The van der Waals surface area contributed by atoms with E-state index in [1.807, 2.05) is 0 Å². The van der Waals surface area contributed by atoms with Crippen molar-refractivity contribution in [3.8, 4) is 0 Å². The number of likely N-dealkylation sites (tertiary alicyclic amines) is 1. The van der Waals surface area contributed by atoms with Crippen LogP contribution in [0.15, 0.2) is 18.2 Å². The number of hydrogen-bond donors (Lipinski definition) is 2. The first kappa shape index (κ1) is 15.1. The summed E-state index contributed by atoms with van der Waals surface area (Å²) < 4.78 is 51.7. The Morgan fingerprint density at radius 3 is 2.45 bits per heavy atom. The summed E-state index contributed by atoms with van der Waals surface area (Å²) in [5, 5.41) is 12.0. The number of alkyl halides is 3. The van der Waals surface area contributed by atoms with Crippen molar-refractivity contribution in [2.45, 2.75) is 30.6 Å². The van der Waals surface area contributed by atoms with E-state index >= 15 is 0 Å². The topological polar surface area (TPSA) is 52.6 Å². The molecule has 2 fully saturated rings. The molecule has 1 aromatic rings. The quantitative estimate of drug-likeness (QED) is 0.843. The van der Waals surface area contributed by atoms with E-state index in [1.165, 1.54) is 11.0 Å². The first-order valence-corrected chi connectivity index (χ1v) is 6.84. The molecule has 1 aliphatic heterocycles. The highest BCUT2D eigenvalue weighted by Crippen LogP contribution is 2.47. The van der Waals surface area contributed by atoms with E-state index in [9.17, 15) is 22.4 Å². The van der Waals surface area contributed by atoms with Gasteiger partial charge in [-0.2, -0.15) is 13.2 Å². The molecule has 0 spiro atoms. The smallest absolute Gasteiger partial charge is 0.419 e. The van der Waals surface area contributed by atoms with E-state index in [1.54, 1.807) is 0 Å². The van der Waals surface area contributed by atoms with Gasteiger partial charge in [0, 0.05) is 24.7 Å². The molecule has 1 heterocycles. The van der Waals surface area contributed by atoms with Crippen molar-refractivity contribution >= 4 is 6.09 Å². The van der Waals surface area contributed by atoms with Crippen LogP contribution in [0.25, 0.3) is 0 Å². The molecule has 2 N–H and O–H groups in total. The zero-order valence-corrected chi connectivity index (χ0v) is 11.5. The first-order valence-electron chi connectivity index (χ1n) is 6.84. The highest BCUT2D eigenvalue weighted by atomic mass is 19.4. The second-order valence-electron chi connectivity index (χ2n) is 5.80. The second kappa shape index (κ2) is 4.84. The van der Waals surface area contributed by atoms with Gasteiger partial charge in [-0.15, -0.1) is 0 Å². The summed E-state index contributed by atoms with van der Waals surface area (Å²) in [6, 6.07) is 2.96. The van der Waals surface area contributed by atoms with Crippen molar-refractivity contribution < 1.29 is 27.5 Å². The Morgan fingerprint density at radius 1 is 1.32 bits per heavy atom. The average molecular weight is 318 g/mol. The van der Waals surface area contributed by atoms with Crippen LogP contribution in [0.2, 0.25) is 0 Å². The minimum absolute atomic E-state index is 0.0852. The van der Waals surface area contributed by atoms with E-state index in [-0.39, 0.29) is 6.04 Å². The van der Waals surface area contributed by atoms with E-state index in [2.05, 4.69) is 5.32 Å². The van der Waals surface area contributed by atoms with Crippen molar-refractivity contribution in [2.75, 3.05) is 13.1 Å². The number of nitrogens with zero attached hydrogens (tertiary/aromatic N) is 1. The molecule has 1 amide bonds. The summed E-state index contributed by atoms with van der Waals surface area (Å²) in [7, 11) is 0. The number of hydrogen-bond acceptors (Lipinski definition) is 2. The van der Waals surface area contributed by atoms with Crippen molar-refractivity contribution in [1.82, 2.24) is 10.2 Å². The molecule has 0 bridgehead atoms. The first-order chi connectivity index (χ1) is 10.2. The van der Waals surface area contributed by atoms with Gasteiger partial charge in [0.25, 0.3) is 0 Å². The van der Waals surface area contributed by atoms with Crippen molar-refractivity contribution in [2.24, 2.45) is 0 Å². The molecule has 1 aliphatic carbocycles. The summed E-state index contributed by atoms with van der Waals surface area (Å²) in [5.74, 6) is -1.28. The van der Waals surface area contributed by atoms with E-state index < -0.39 is 29.2 Å². The van der Waals surface area contributed by atoms with Crippen LogP contribution in [-0.4, -0.2) is 35.2 Å². The Kier molecular flexibility index (Phi) is 3.32. The highest BCUT2D eigenvalue weighted by molar-refractivity contribution is 5.66. The molecular formula is C14H14F4N2O2. The van der Waals surface area contributed by atoms with Crippen LogP contribution in [0.4, 0.5) is 22.4 Å². The Hall–Kier alpha value is -1.83. The van der Waals surface area contributed by atoms with Gasteiger partial charge < -0.3 is 15.3 Å². The molecule has 1 saturated carbocycles. The fourth-order valence-corrected chi connectivity index (χ4v) is 2.80. The minimum Gasteiger partial charge on any atom is -0.465 e. The molecule has 120 valence electrons. The van der Waals surface area contributed by atoms with E-state index in [0.717, 1.165) is 12.1 Å². The fraction of sp³-hybridized carbons (Fsp3) is 0.500. The normalized spacial score (nSPS) is 20.6. The lowest BCUT2D eigenvalue weighted by Gasteiger charge is -2.40. The molecule has 1 saturated heterocycles. The Labute approximate surface area is 123 Å². The lowest BCUT2D eigenvalue weighted by atomic mass is 9.98. The number of halogens is 4. The number of benzene rings is 1. The minimum atomic E-state index is -4.73.